The molecule has 0 aliphatic carbocycles. The third-order valence-electron chi connectivity index (χ3n) is 15.3. The number of halogens is 30. The van der Waals surface area contributed by atoms with Gasteiger partial charge in [-0.15, -0.1) is 0 Å². The summed E-state index contributed by atoms with van der Waals surface area (Å²) in [5.41, 5.74) is -15.8. The van der Waals surface area contributed by atoms with Crippen LogP contribution in [0.2, 0.25) is 0 Å². The predicted molar refractivity (Wildman–Crippen MR) is 272 cm³/mol. The standard InChI is InChI=1S/2C22H8BF15O.C12H24O6/c2*24-8-5(9(25)15(31)20(36)14(8)30)23(39-3-1-2-4-39,6-10(26)16(32)21(37)17(33)11(6)27)7-12(28)18(34)22(38)19(35)13(7)29;1-2-14-5-6-16-9-10-18-12-11-17-8-7-15-4-3-13-1/h2*1-4H2;1-12H2. The van der Waals surface area contributed by atoms with Crippen LogP contribution in [0.15, 0.2) is 0 Å². The van der Waals surface area contributed by atoms with E-state index in [-0.39, 0.29) is 25.7 Å². The second kappa shape index (κ2) is 31.7. The smallest absolute Gasteiger partial charge is 0.394 e. The second-order valence-corrected chi connectivity index (χ2v) is 20.5. The van der Waals surface area contributed by atoms with Gasteiger partial charge < -0.3 is 37.0 Å². The maximum atomic E-state index is 15.3. The molecule has 0 radical (unpaired) electrons. The summed E-state index contributed by atoms with van der Waals surface area (Å²) in [5.74, 6) is -90.1. The third kappa shape index (κ3) is 13.7. The number of rotatable bonds is 8. The van der Waals surface area contributed by atoms with E-state index in [1.807, 2.05) is 0 Å². The molecule has 96 heavy (non-hydrogen) atoms. The molecule has 0 spiro atoms. The molecule has 0 unspecified atom stereocenters. The van der Waals surface area contributed by atoms with Crippen LogP contribution in [0.5, 0.6) is 0 Å². The average molecular weight is 1430 g/mol. The van der Waals surface area contributed by atoms with Gasteiger partial charge in [0, 0.05) is 25.7 Å². The fourth-order valence-corrected chi connectivity index (χ4v) is 11.1. The molecule has 9 rings (SSSR count). The Morgan fingerprint density at radius 2 is 0.250 bits per heavy atom. The van der Waals surface area contributed by atoms with Crippen LogP contribution in [0.4, 0.5) is 132 Å². The van der Waals surface area contributed by atoms with Crippen molar-refractivity contribution in [3.8, 4) is 0 Å². The predicted octanol–water partition coefficient (Wildman–Crippen LogP) is 10.3. The zero-order valence-corrected chi connectivity index (χ0v) is 47.9. The lowest BCUT2D eigenvalue weighted by Crippen LogP contribution is -2.78. The molecule has 3 saturated heterocycles. The van der Waals surface area contributed by atoms with Gasteiger partial charge in [-0.3, -0.25) is 0 Å². The largest absolute Gasteiger partial charge is 0.660 e. The third-order valence-corrected chi connectivity index (χ3v) is 15.3. The van der Waals surface area contributed by atoms with Crippen LogP contribution in [0.1, 0.15) is 25.7 Å². The Kier molecular flexibility index (Phi) is 25.2. The molecule has 3 aliphatic heterocycles. The fraction of sp³-hybridized carbons (Fsp3) is 0.357. The van der Waals surface area contributed by atoms with Crippen molar-refractivity contribution in [1.29, 1.82) is 0 Å². The lowest BCUT2D eigenvalue weighted by atomic mass is 9.27. The highest BCUT2D eigenvalue weighted by Crippen LogP contribution is 2.37. The van der Waals surface area contributed by atoms with Crippen molar-refractivity contribution >= 4 is 45.5 Å². The van der Waals surface area contributed by atoms with E-state index in [4.69, 9.17) is 28.4 Å². The highest BCUT2D eigenvalue weighted by atomic mass is 19.2. The molecule has 3 heterocycles. The fourth-order valence-electron chi connectivity index (χ4n) is 11.1. The maximum Gasteiger partial charge on any atom is 0.394 e. The van der Waals surface area contributed by atoms with E-state index in [2.05, 4.69) is 0 Å². The lowest BCUT2D eigenvalue weighted by molar-refractivity contribution is -0.0334. The molecule has 6 aromatic rings. The zero-order chi connectivity index (χ0) is 71.3. The molecular formula is C56H40B2F30O8. The molecule has 0 N–H and O–H groups in total. The minimum atomic E-state index is -5.67. The van der Waals surface area contributed by atoms with Gasteiger partial charge >= 0.3 is 12.7 Å². The first-order chi connectivity index (χ1) is 45.3. The van der Waals surface area contributed by atoms with Crippen LogP contribution < -0.4 is 32.8 Å². The Morgan fingerprint density at radius 1 is 0.156 bits per heavy atom. The summed E-state index contributed by atoms with van der Waals surface area (Å²) in [4.78, 5) is 0. The summed E-state index contributed by atoms with van der Waals surface area (Å²) in [7, 11) is 0. The minimum Gasteiger partial charge on any atom is -0.660 e. The van der Waals surface area contributed by atoms with Gasteiger partial charge in [-0.2, -0.15) is 0 Å². The summed E-state index contributed by atoms with van der Waals surface area (Å²) in [6, 6.07) is 0. The summed E-state index contributed by atoms with van der Waals surface area (Å²) in [6.45, 7) is 3.25. The average Bonchev–Trinajstić information content (AvgIpc) is 1.67. The zero-order valence-electron chi connectivity index (χ0n) is 47.9. The summed E-state index contributed by atoms with van der Waals surface area (Å²) >= 11 is 0. The molecule has 3 fully saturated rings. The van der Waals surface area contributed by atoms with Crippen LogP contribution in [-0.2, 0) is 37.0 Å². The molecule has 8 nitrogen and oxygen atoms in total. The molecule has 0 bridgehead atoms. The maximum absolute atomic E-state index is 15.3. The monoisotopic (exact) mass is 1430 g/mol. The number of ether oxygens (including phenoxy) is 6. The van der Waals surface area contributed by atoms with Crippen molar-refractivity contribution in [3.63, 3.8) is 0 Å². The van der Waals surface area contributed by atoms with Crippen LogP contribution in [0.3, 0.4) is 0 Å². The van der Waals surface area contributed by atoms with Gasteiger partial charge in [-0.25, -0.2) is 132 Å². The van der Waals surface area contributed by atoms with Crippen molar-refractivity contribution in [1.82, 2.24) is 0 Å². The van der Waals surface area contributed by atoms with E-state index in [9.17, 15) is 79.0 Å². The van der Waals surface area contributed by atoms with E-state index in [1.54, 1.807) is 0 Å². The van der Waals surface area contributed by atoms with Crippen molar-refractivity contribution in [2.75, 3.05) is 106 Å². The highest BCUT2D eigenvalue weighted by Gasteiger charge is 2.61. The van der Waals surface area contributed by atoms with Crippen LogP contribution in [0.25, 0.3) is 0 Å². The van der Waals surface area contributed by atoms with Crippen molar-refractivity contribution < 1.29 is 169 Å². The Labute approximate surface area is 519 Å². The Hall–Kier alpha value is -6.97. The lowest BCUT2D eigenvalue weighted by Gasteiger charge is -2.47. The van der Waals surface area contributed by atoms with Crippen LogP contribution in [0, 0.1) is 175 Å². The van der Waals surface area contributed by atoms with Crippen molar-refractivity contribution in [2.45, 2.75) is 25.7 Å². The van der Waals surface area contributed by atoms with Crippen LogP contribution in [-0.4, -0.2) is 118 Å². The Balaban J connectivity index is 0.000000217. The van der Waals surface area contributed by atoms with Gasteiger partial charge in [-0.1, -0.05) is 0 Å². The van der Waals surface area contributed by atoms with Crippen molar-refractivity contribution in [2.24, 2.45) is 0 Å². The van der Waals surface area contributed by atoms with E-state index in [1.165, 1.54) is 8.57 Å². The van der Waals surface area contributed by atoms with Gasteiger partial charge in [0.1, 0.15) is 69.8 Å². The molecular weight excluding hydrogens is 1390 g/mol. The second-order valence-electron chi connectivity index (χ2n) is 20.5. The first-order valence-electron chi connectivity index (χ1n) is 27.5. The molecule has 0 saturated carbocycles. The van der Waals surface area contributed by atoms with E-state index >= 15 is 52.7 Å². The van der Waals surface area contributed by atoms with Gasteiger partial charge in [0.25, 0.3) is 0 Å². The van der Waals surface area contributed by atoms with E-state index in [0.29, 0.717) is 79.3 Å². The first kappa shape index (κ1) is 76.4. The van der Waals surface area contributed by atoms with Crippen molar-refractivity contribution in [3.05, 3.63) is 175 Å². The SMILES string of the molecule is C1COCCOCCOCCOCCOCCO1.Fc1c(F)c(F)c([B-](c2c(F)c(F)c(F)c(F)c2F)(c2c(F)c(F)c(F)c(F)c2F)[O+]2CCCC2)c(F)c1F.Fc1c(F)c(F)c([B-](c2c(F)c(F)c(F)c(F)c2F)(c2c(F)c(F)c(F)c(F)c2F)[O+]2CCCC2)c(F)c1F. The van der Waals surface area contributed by atoms with E-state index < -0.39 is 246 Å². The number of hydrogen-bond donors (Lipinski definition) is 0. The quantitative estimate of drug-likeness (QED) is 0.0498. The molecule has 0 atom stereocenters. The molecule has 40 heteroatoms. The molecule has 6 aromatic carbocycles. The van der Waals surface area contributed by atoms with Gasteiger partial charge in [0.2, 0.25) is 0 Å². The summed E-state index contributed by atoms with van der Waals surface area (Å²) in [5, 5.41) is 0. The molecule has 528 valence electrons. The molecule has 3 aliphatic rings. The van der Waals surface area contributed by atoms with Crippen LogP contribution >= 0.6 is 0 Å². The number of benzene rings is 6. The Morgan fingerprint density at radius 3 is 0.354 bits per heavy atom. The highest BCUT2D eigenvalue weighted by molar-refractivity contribution is 7.08. The number of hydrogen-bond acceptors (Lipinski definition) is 6. The van der Waals surface area contributed by atoms with Gasteiger partial charge in [0.05, 0.1) is 106 Å². The summed E-state index contributed by atoms with van der Waals surface area (Å²) in [6.07, 6.45) is -12.5. The topological polar surface area (TPSA) is 60.8 Å². The molecule has 0 amide bonds. The summed E-state index contributed by atoms with van der Waals surface area (Å²) < 4.78 is 473. The molecule has 0 aromatic heterocycles. The van der Waals surface area contributed by atoms with Gasteiger partial charge in [0.15, 0.2) is 105 Å². The normalized spacial score (nSPS) is 16.3. The van der Waals surface area contributed by atoms with E-state index in [0.717, 1.165) is 0 Å². The van der Waals surface area contributed by atoms with Gasteiger partial charge in [-0.05, 0) is 32.8 Å². The first-order valence-corrected chi connectivity index (χ1v) is 27.5. The minimum absolute atomic E-state index is 0.283. The Bertz CT molecular complexity index is 3080.